The highest BCUT2D eigenvalue weighted by atomic mass is 16.5. The lowest BCUT2D eigenvalue weighted by molar-refractivity contribution is 0.382. The normalized spacial score (nSPS) is 9.62. The molecule has 0 saturated heterocycles. The summed E-state index contributed by atoms with van der Waals surface area (Å²) in [6.45, 7) is 1.92. The van der Waals surface area contributed by atoms with Crippen molar-refractivity contribution in [1.82, 2.24) is 5.16 Å². The van der Waals surface area contributed by atoms with Gasteiger partial charge >= 0.3 is 0 Å². The highest BCUT2D eigenvalue weighted by molar-refractivity contribution is 4.91. The quantitative estimate of drug-likeness (QED) is 0.577. The third-order valence-corrected chi connectivity index (χ3v) is 0.923. The van der Waals surface area contributed by atoms with Crippen LogP contribution in [0.2, 0.25) is 0 Å². The van der Waals surface area contributed by atoms with Crippen LogP contribution in [0.5, 0.6) is 0 Å². The van der Waals surface area contributed by atoms with E-state index in [1.165, 1.54) is 6.07 Å². The van der Waals surface area contributed by atoms with Gasteiger partial charge < -0.3 is 4.52 Å². The zero-order valence-corrected chi connectivity index (χ0v) is 4.60. The fourth-order valence-corrected chi connectivity index (χ4v) is 0.495. The molecule has 0 atom stereocenters. The van der Waals surface area contributed by atoms with E-state index in [4.69, 9.17) is 0 Å². The summed E-state index contributed by atoms with van der Waals surface area (Å²) < 4.78 is 4.68. The van der Waals surface area contributed by atoms with Gasteiger partial charge in [-0.15, -0.1) is 0 Å². The second-order valence-corrected chi connectivity index (χ2v) is 1.53. The molecule has 0 spiro atoms. The monoisotopic (exact) mass is 113 g/mol. The molecule has 0 radical (unpaired) electrons. The first-order chi connectivity index (χ1) is 3.83. The lowest BCUT2D eigenvalue weighted by Gasteiger charge is -1.77. The van der Waals surface area contributed by atoms with E-state index in [1.54, 1.807) is 0 Å². The molecule has 1 rings (SSSR count). The molecule has 0 aromatic carbocycles. The van der Waals surface area contributed by atoms with Gasteiger partial charge in [0.25, 0.3) is 5.56 Å². The lowest BCUT2D eigenvalue weighted by atomic mass is 10.4. The van der Waals surface area contributed by atoms with E-state index in [9.17, 15) is 4.79 Å². The van der Waals surface area contributed by atoms with E-state index in [-0.39, 0.29) is 5.56 Å². The summed E-state index contributed by atoms with van der Waals surface area (Å²) in [6, 6.07) is 1.44. The zero-order valence-electron chi connectivity index (χ0n) is 4.60. The summed E-state index contributed by atoms with van der Waals surface area (Å²) >= 11 is 0. The van der Waals surface area contributed by atoms with Crippen LogP contribution in [0.3, 0.4) is 0 Å². The number of hydrogen-bond acceptors (Lipinski definition) is 2. The second-order valence-electron chi connectivity index (χ2n) is 1.53. The van der Waals surface area contributed by atoms with Crippen molar-refractivity contribution in [1.29, 1.82) is 0 Å². The van der Waals surface area contributed by atoms with E-state index in [1.807, 2.05) is 6.92 Å². The fraction of sp³-hybridized carbons (Fsp3) is 0.400. The first-order valence-corrected chi connectivity index (χ1v) is 2.50. The molecule has 3 heteroatoms. The van der Waals surface area contributed by atoms with E-state index in [0.29, 0.717) is 5.76 Å². The third-order valence-electron chi connectivity index (χ3n) is 0.923. The van der Waals surface area contributed by atoms with E-state index in [0.717, 1.165) is 6.42 Å². The minimum Gasteiger partial charge on any atom is -0.384 e. The molecule has 0 aliphatic carbocycles. The van der Waals surface area contributed by atoms with Crippen LogP contribution in [0.15, 0.2) is 15.4 Å². The van der Waals surface area contributed by atoms with Crippen LogP contribution in [0.1, 0.15) is 12.7 Å². The van der Waals surface area contributed by atoms with Gasteiger partial charge in [0.15, 0.2) is 0 Å². The molecule has 0 bridgehead atoms. The van der Waals surface area contributed by atoms with Crippen molar-refractivity contribution in [2.75, 3.05) is 0 Å². The Bertz CT molecular complexity index is 210. The summed E-state index contributed by atoms with van der Waals surface area (Å²) in [5, 5.41) is 2.19. The Morgan fingerprint density at radius 3 is 2.88 bits per heavy atom. The van der Waals surface area contributed by atoms with Crippen LogP contribution in [-0.4, -0.2) is 5.16 Å². The minimum atomic E-state index is -0.165. The van der Waals surface area contributed by atoms with Crippen molar-refractivity contribution in [3.05, 3.63) is 22.2 Å². The van der Waals surface area contributed by atoms with E-state index >= 15 is 0 Å². The molecule has 44 valence electrons. The smallest absolute Gasteiger partial charge is 0.280 e. The molecule has 0 amide bonds. The molecule has 0 aliphatic rings. The van der Waals surface area contributed by atoms with Crippen molar-refractivity contribution in [3.8, 4) is 0 Å². The molecule has 0 fully saturated rings. The van der Waals surface area contributed by atoms with Gasteiger partial charge in [-0.25, -0.2) is 0 Å². The second kappa shape index (κ2) is 1.86. The molecule has 1 N–H and O–H groups in total. The van der Waals surface area contributed by atoms with Crippen LogP contribution in [-0.2, 0) is 6.42 Å². The molecular formula is C5H7NO2. The highest BCUT2D eigenvalue weighted by Gasteiger charge is 1.91. The van der Waals surface area contributed by atoms with Gasteiger partial charge in [0.2, 0.25) is 0 Å². The van der Waals surface area contributed by atoms with Gasteiger partial charge in [-0.3, -0.25) is 4.79 Å². The Balaban J connectivity index is 3.01. The van der Waals surface area contributed by atoms with Gasteiger partial charge in [-0.05, 0) is 0 Å². The molecular weight excluding hydrogens is 106 g/mol. The Morgan fingerprint density at radius 2 is 2.62 bits per heavy atom. The van der Waals surface area contributed by atoms with Gasteiger partial charge in [-0.2, -0.15) is 5.16 Å². The van der Waals surface area contributed by atoms with Crippen LogP contribution in [0.4, 0.5) is 0 Å². The van der Waals surface area contributed by atoms with Crippen molar-refractivity contribution >= 4 is 0 Å². The van der Waals surface area contributed by atoms with Gasteiger partial charge in [-0.1, -0.05) is 6.92 Å². The lowest BCUT2D eigenvalue weighted by Crippen LogP contribution is -1.92. The molecule has 1 aromatic heterocycles. The summed E-state index contributed by atoms with van der Waals surface area (Å²) in [4.78, 5) is 10.3. The van der Waals surface area contributed by atoms with Crippen molar-refractivity contribution in [2.45, 2.75) is 13.3 Å². The standard InChI is InChI=1S/C5H7NO2/c1-2-4-3-5(7)6-8-4/h3H,2H2,1H3,(H,6,7). The SMILES string of the molecule is CCc1cc(=O)[nH]o1. The first-order valence-electron chi connectivity index (χ1n) is 2.50. The maximum absolute atomic E-state index is 10.3. The predicted molar refractivity (Wildman–Crippen MR) is 28.7 cm³/mol. The average Bonchev–Trinajstić information content (AvgIpc) is 2.14. The van der Waals surface area contributed by atoms with Crippen LogP contribution >= 0.6 is 0 Å². The number of aromatic nitrogens is 1. The van der Waals surface area contributed by atoms with Gasteiger partial charge in [0.05, 0.1) is 0 Å². The maximum Gasteiger partial charge on any atom is 0.280 e. The minimum absolute atomic E-state index is 0.165. The van der Waals surface area contributed by atoms with Gasteiger partial charge in [0, 0.05) is 12.5 Å². The van der Waals surface area contributed by atoms with E-state index in [2.05, 4.69) is 9.68 Å². The first kappa shape index (κ1) is 5.15. The molecule has 1 heterocycles. The third kappa shape index (κ3) is 0.804. The number of hydrogen-bond donors (Lipinski definition) is 1. The fourth-order valence-electron chi connectivity index (χ4n) is 0.495. The summed E-state index contributed by atoms with van der Waals surface area (Å²) in [7, 11) is 0. The largest absolute Gasteiger partial charge is 0.384 e. The molecule has 3 nitrogen and oxygen atoms in total. The topological polar surface area (TPSA) is 46.0 Å². The Kier molecular flexibility index (Phi) is 1.20. The number of aryl methyl sites for hydroxylation is 1. The maximum atomic E-state index is 10.3. The van der Waals surface area contributed by atoms with Crippen molar-refractivity contribution in [3.63, 3.8) is 0 Å². The number of nitrogens with one attached hydrogen (secondary N) is 1. The Labute approximate surface area is 46.3 Å². The Morgan fingerprint density at radius 1 is 1.88 bits per heavy atom. The number of aromatic amines is 1. The zero-order chi connectivity index (χ0) is 5.98. The van der Waals surface area contributed by atoms with Crippen molar-refractivity contribution < 1.29 is 4.52 Å². The number of rotatable bonds is 1. The predicted octanol–water partition coefficient (Wildman–Crippen LogP) is 0.530. The molecule has 8 heavy (non-hydrogen) atoms. The molecule has 0 aliphatic heterocycles. The van der Waals surface area contributed by atoms with Crippen molar-refractivity contribution in [2.24, 2.45) is 0 Å². The summed E-state index contributed by atoms with van der Waals surface area (Å²) in [5.41, 5.74) is -0.165. The van der Waals surface area contributed by atoms with Crippen LogP contribution in [0, 0.1) is 0 Å². The summed E-state index contributed by atoms with van der Waals surface area (Å²) in [6.07, 6.45) is 0.763. The molecule has 1 aromatic rings. The van der Waals surface area contributed by atoms with Crippen LogP contribution in [0.25, 0.3) is 0 Å². The highest BCUT2D eigenvalue weighted by Crippen LogP contribution is 1.90. The van der Waals surface area contributed by atoms with E-state index < -0.39 is 0 Å². The number of H-pyrrole nitrogens is 1. The summed E-state index contributed by atoms with van der Waals surface area (Å²) in [5.74, 6) is 0.704. The molecule has 0 unspecified atom stereocenters. The average molecular weight is 113 g/mol. The van der Waals surface area contributed by atoms with Gasteiger partial charge in [0.1, 0.15) is 5.76 Å². The van der Waals surface area contributed by atoms with Crippen LogP contribution < -0.4 is 5.56 Å². The molecule has 0 saturated carbocycles. The Hall–Kier alpha value is -0.990.